The molecule has 25 heavy (non-hydrogen) atoms. The molecule has 0 aliphatic rings. The lowest BCUT2D eigenvalue weighted by Gasteiger charge is -2.11. The van der Waals surface area contributed by atoms with Gasteiger partial charge in [0.1, 0.15) is 11.5 Å². The zero-order valence-electron chi connectivity index (χ0n) is 12.7. The second kappa shape index (κ2) is 6.39. The first-order valence-electron chi connectivity index (χ1n) is 6.54. The number of hydrogen-bond acceptors (Lipinski definition) is 3. The minimum atomic E-state index is -4.95. The number of alkyl halides is 6. The lowest BCUT2D eigenvalue weighted by molar-refractivity contribution is -0.147. The number of nitrogens with zero attached hydrogens (tertiary/aromatic N) is 3. The molecular formula is C13H10F7N3OS. The molecule has 0 bridgehead atoms. The maximum atomic E-state index is 14.1. The van der Waals surface area contributed by atoms with E-state index in [4.69, 9.17) is 0 Å². The largest absolute Gasteiger partial charge is 0.451 e. The number of benzene rings is 1. The summed E-state index contributed by atoms with van der Waals surface area (Å²) < 4.78 is 89.8. The van der Waals surface area contributed by atoms with Gasteiger partial charge in [0.15, 0.2) is 0 Å². The molecule has 0 saturated carbocycles. The van der Waals surface area contributed by atoms with Crippen LogP contribution in [0.25, 0.3) is 5.69 Å². The Labute approximate surface area is 140 Å². The van der Waals surface area contributed by atoms with Crippen molar-refractivity contribution < 1.29 is 30.7 Å². The van der Waals surface area contributed by atoms with Crippen LogP contribution in [0.1, 0.15) is 11.4 Å². The number of thioether (sulfide) groups is 1. The van der Waals surface area contributed by atoms with Crippen molar-refractivity contribution in [2.24, 2.45) is 7.05 Å². The fourth-order valence-electron chi connectivity index (χ4n) is 1.96. The minimum Gasteiger partial charge on any atom is -0.274 e. The Bertz CT molecular complexity index is 851. The minimum absolute atomic E-state index is 0.0279. The van der Waals surface area contributed by atoms with E-state index in [1.54, 1.807) is 0 Å². The molecule has 2 aromatic rings. The monoisotopic (exact) mass is 389 g/mol. The average molecular weight is 389 g/mol. The van der Waals surface area contributed by atoms with Gasteiger partial charge in [-0.05, 0) is 24.6 Å². The fourth-order valence-corrected chi connectivity index (χ4v) is 2.76. The number of aromatic nitrogens is 3. The summed E-state index contributed by atoms with van der Waals surface area (Å²) in [6.07, 6.45) is -9.44. The van der Waals surface area contributed by atoms with E-state index >= 15 is 0 Å². The second-order valence-electron chi connectivity index (χ2n) is 5.05. The van der Waals surface area contributed by atoms with Crippen molar-refractivity contribution in [3.63, 3.8) is 0 Å². The molecule has 0 spiro atoms. The Hall–Kier alpha value is -1.98. The van der Waals surface area contributed by atoms with Gasteiger partial charge in [-0.15, -0.1) is 16.9 Å². The van der Waals surface area contributed by atoms with Crippen molar-refractivity contribution in [1.29, 1.82) is 0 Å². The zero-order chi connectivity index (χ0) is 19.2. The predicted molar refractivity (Wildman–Crippen MR) is 75.3 cm³/mol. The van der Waals surface area contributed by atoms with Crippen LogP contribution in [0.5, 0.6) is 0 Å². The predicted octanol–water partition coefficient (Wildman–Crippen LogP) is 3.69. The van der Waals surface area contributed by atoms with E-state index in [0.717, 1.165) is 19.2 Å². The molecule has 0 aliphatic carbocycles. The fraction of sp³-hybridized carbons (Fsp3) is 0.385. The highest BCUT2D eigenvalue weighted by Crippen LogP contribution is 2.32. The van der Waals surface area contributed by atoms with Gasteiger partial charge in [-0.3, -0.25) is 4.57 Å². The Balaban J connectivity index is 2.55. The third-order valence-electron chi connectivity index (χ3n) is 3.10. The number of rotatable bonds is 3. The molecule has 0 N–H and O–H groups in total. The Morgan fingerprint density at radius 2 is 1.76 bits per heavy atom. The number of halogens is 7. The quantitative estimate of drug-likeness (QED) is 0.594. The first-order valence-corrected chi connectivity index (χ1v) is 7.53. The summed E-state index contributed by atoms with van der Waals surface area (Å²) in [4.78, 5) is 11.9. The highest BCUT2D eigenvalue weighted by molar-refractivity contribution is 7.99. The summed E-state index contributed by atoms with van der Waals surface area (Å²) >= 11 is 0.330. The van der Waals surface area contributed by atoms with Crippen molar-refractivity contribution >= 4 is 11.8 Å². The van der Waals surface area contributed by atoms with Gasteiger partial charge in [0.2, 0.25) is 5.82 Å². The lowest BCUT2D eigenvalue weighted by atomic mass is 10.2. The lowest BCUT2D eigenvalue weighted by Crippen LogP contribution is -2.24. The SMILES string of the molecule is Cc1cc(F)c(-n2nc(C(F)(F)F)n(C)c2=O)cc1SCC(F)(F)F. The molecule has 0 saturated heterocycles. The van der Waals surface area contributed by atoms with Crippen LogP contribution >= 0.6 is 11.8 Å². The standard InChI is InChI=1S/C13H10F7N3OS/c1-6-3-7(14)8(4-9(6)25-5-12(15,16)17)23-11(24)22(2)10(21-23)13(18,19)20/h3-4H,5H2,1-2H3. The van der Waals surface area contributed by atoms with E-state index in [0.29, 0.717) is 11.8 Å². The van der Waals surface area contributed by atoms with Gasteiger partial charge in [-0.2, -0.15) is 31.0 Å². The third kappa shape index (κ3) is 4.17. The number of hydrogen-bond donors (Lipinski definition) is 0. The first kappa shape index (κ1) is 19.3. The van der Waals surface area contributed by atoms with Crippen LogP contribution in [-0.4, -0.2) is 26.3 Å². The van der Waals surface area contributed by atoms with Gasteiger partial charge in [0, 0.05) is 11.9 Å². The molecule has 0 aliphatic heterocycles. The van der Waals surface area contributed by atoms with E-state index < -0.39 is 41.1 Å². The van der Waals surface area contributed by atoms with E-state index in [2.05, 4.69) is 5.10 Å². The summed E-state index contributed by atoms with van der Waals surface area (Å²) in [5, 5.41) is 3.06. The van der Waals surface area contributed by atoms with Gasteiger partial charge in [0.05, 0.1) is 5.75 Å². The van der Waals surface area contributed by atoms with Gasteiger partial charge >= 0.3 is 18.0 Å². The molecule has 0 unspecified atom stereocenters. The molecule has 0 fully saturated rings. The number of aryl methyl sites for hydroxylation is 1. The van der Waals surface area contributed by atoms with E-state index in [1.165, 1.54) is 6.92 Å². The molecule has 2 rings (SSSR count). The molecule has 0 radical (unpaired) electrons. The molecule has 1 aromatic heterocycles. The van der Waals surface area contributed by atoms with Crippen LogP contribution in [0, 0.1) is 12.7 Å². The first-order chi connectivity index (χ1) is 11.3. The van der Waals surface area contributed by atoms with Crippen molar-refractivity contribution in [2.45, 2.75) is 24.2 Å². The third-order valence-corrected chi connectivity index (χ3v) is 4.32. The molecule has 1 heterocycles. The average Bonchev–Trinajstić information content (AvgIpc) is 2.73. The van der Waals surface area contributed by atoms with E-state index in [9.17, 15) is 35.5 Å². The van der Waals surface area contributed by atoms with Gasteiger partial charge in [0.25, 0.3) is 0 Å². The Morgan fingerprint density at radius 3 is 2.24 bits per heavy atom. The Kier molecular flexibility index (Phi) is 4.94. The molecule has 4 nitrogen and oxygen atoms in total. The summed E-state index contributed by atoms with van der Waals surface area (Å²) in [6.45, 7) is 1.34. The van der Waals surface area contributed by atoms with Gasteiger partial charge < -0.3 is 0 Å². The summed E-state index contributed by atoms with van der Waals surface area (Å²) in [6, 6.07) is 1.71. The van der Waals surface area contributed by atoms with Crippen LogP contribution in [0.3, 0.4) is 0 Å². The van der Waals surface area contributed by atoms with Crippen LogP contribution in [0.4, 0.5) is 30.7 Å². The summed E-state index contributed by atoms with van der Waals surface area (Å²) in [7, 11) is 0.806. The topological polar surface area (TPSA) is 39.8 Å². The smallest absolute Gasteiger partial charge is 0.274 e. The molecule has 1 aromatic carbocycles. The van der Waals surface area contributed by atoms with E-state index in [-0.39, 0.29) is 19.7 Å². The van der Waals surface area contributed by atoms with Gasteiger partial charge in [-0.25, -0.2) is 9.18 Å². The zero-order valence-corrected chi connectivity index (χ0v) is 13.5. The van der Waals surface area contributed by atoms with Crippen LogP contribution in [0.2, 0.25) is 0 Å². The molecule has 0 amide bonds. The highest BCUT2D eigenvalue weighted by Gasteiger charge is 2.38. The maximum Gasteiger partial charge on any atom is 0.451 e. The molecule has 12 heteroatoms. The summed E-state index contributed by atoms with van der Waals surface area (Å²) in [5.41, 5.74) is -1.79. The molecular weight excluding hydrogens is 379 g/mol. The molecule has 0 atom stereocenters. The second-order valence-corrected chi connectivity index (χ2v) is 6.06. The van der Waals surface area contributed by atoms with E-state index in [1.807, 2.05) is 0 Å². The van der Waals surface area contributed by atoms with Crippen LogP contribution in [0.15, 0.2) is 21.8 Å². The van der Waals surface area contributed by atoms with Crippen LogP contribution in [-0.2, 0) is 13.2 Å². The normalized spacial score (nSPS) is 12.7. The van der Waals surface area contributed by atoms with Crippen molar-refractivity contribution in [3.05, 3.63) is 39.8 Å². The van der Waals surface area contributed by atoms with Crippen molar-refractivity contribution in [2.75, 3.05) is 5.75 Å². The summed E-state index contributed by atoms with van der Waals surface area (Å²) in [5.74, 6) is -3.91. The maximum absolute atomic E-state index is 14.1. The Morgan fingerprint density at radius 1 is 1.16 bits per heavy atom. The van der Waals surface area contributed by atoms with Crippen molar-refractivity contribution in [1.82, 2.24) is 14.3 Å². The van der Waals surface area contributed by atoms with Crippen LogP contribution < -0.4 is 5.69 Å². The van der Waals surface area contributed by atoms with Gasteiger partial charge in [-0.1, -0.05) is 0 Å². The van der Waals surface area contributed by atoms with Crippen molar-refractivity contribution in [3.8, 4) is 5.69 Å². The highest BCUT2D eigenvalue weighted by atomic mass is 32.2. The molecule has 138 valence electrons.